The number of rotatable bonds is 3. The lowest BCUT2D eigenvalue weighted by Gasteiger charge is -2.58. The van der Waals surface area contributed by atoms with Crippen molar-refractivity contribution in [1.82, 2.24) is 4.98 Å². The van der Waals surface area contributed by atoms with Gasteiger partial charge >= 0.3 is 0 Å². The van der Waals surface area contributed by atoms with Gasteiger partial charge in [-0.1, -0.05) is 54.1 Å². The first-order chi connectivity index (χ1) is 13.1. The van der Waals surface area contributed by atoms with Crippen molar-refractivity contribution < 1.29 is 4.79 Å². The molecule has 1 fully saturated rings. The number of benzene rings is 2. The van der Waals surface area contributed by atoms with E-state index in [1.807, 2.05) is 72.9 Å². The Bertz CT molecular complexity index is 1040. The minimum Gasteiger partial charge on any atom is -0.293 e. The van der Waals surface area contributed by atoms with E-state index in [1.54, 1.807) is 11.8 Å². The molecule has 0 unspecified atom stereocenters. The van der Waals surface area contributed by atoms with Crippen molar-refractivity contribution in [2.75, 3.05) is 0 Å². The highest BCUT2D eigenvalue weighted by atomic mass is 35.5. The van der Waals surface area contributed by atoms with Crippen LogP contribution in [0.4, 0.5) is 0 Å². The van der Waals surface area contributed by atoms with Gasteiger partial charge in [0, 0.05) is 38.0 Å². The van der Waals surface area contributed by atoms with E-state index in [0.29, 0.717) is 5.02 Å². The van der Waals surface area contributed by atoms with Gasteiger partial charge in [0.1, 0.15) is 0 Å². The minimum absolute atomic E-state index is 0.0614. The lowest BCUT2D eigenvalue weighted by atomic mass is 9.47. The van der Waals surface area contributed by atoms with E-state index in [2.05, 4.69) is 11.9 Å². The van der Waals surface area contributed by atoms with Crippen LogP contribution in [0.25, 0.3) is 0 Å². The first-order valence-corrected chi connectivity index (χ1v) is 10.3. The summed E-state index contributed by atoms with van der Waals surface area (Å²) in [6, 6.07) is 21.6. The number of aromatic nitrogens is 1. The van der Waals surface area contributed by atoms with Crippen molar-refractivity contribution in [3.8, 4) is 0 Å². The van der Waals surface area contributed by atoms with E-state index in [4.69, 9.17) is 11.6 Å². The lowest BCUT2D eigenvalue weighted by Crippen LogP contribution is -2.64. The summed E-state index contributed by atoms with van der Waals surface area (Å²) in [6.07, 6.45) is 2.73. The van der Waals surface area contributed by atoms with Crippen LogP contribution in [0.15, 0.2) is 77.8 Å². The summed E-state index contributed by atoms with van der Waals surface area (Å²) < 4.78 is -0.199. The molecule has 4 heteroatoms. The van der Waals surface area contributed by atoms with Gasteiger partial charge in [0.05, 0.1) is 5.41 Å². The summed E-state index contributed by atoms with van der Waals surface area (Å²) in [7, 11) is 0. The maximum atomic E-state index is 14.0. The summed E-state index contributed by atoms with van der Waals surface area (Å²) in [5.41, 5.74) is 2.22. The van der Waals surface area contributed by atoms with Crippen LogP contribution in [0.2, 0.25) is 5.02 Å². The molecule has 2 heterocycles. The van der Waals surface area contributed by atoms with Gasteiger partial charge in [-0.3, -0.25) is 9.78 Å². The summed E-state index contributed by atoms with van der Waals surface area (Å²) in [5, 5.41) is 0.711. The maximum absolute atomic E-state index is 14.0. The molecule has 0 spiro atoms. The van der Waals surface area contributed by atoms with Gasteiger partial charge in [0.2, 0.25) is 0 Å². The van der Waals surface area contributed by atoms with E-state index in [0.717, 1.165) is 28.1 Å². The van der Waals surface area contributed by atoms with Crippen molar-refractivity contribution in [3.05, 3.63) is 94.8 Å². The van der Waals surface area contributed by atoms with Crippen molar-refractivity contribution in [2.45, 2.75) is 34.3 Å². The molecule has 0 N–H and O–H groups in total. The monoisotopic (exact) mass is 391 g/mol. The Balaban J connectivity index is 1.76. The van der Waals surface area contributed by atoms with Crippen molar-refractivity contribution in [3.63, 3.8) is 0 Å². The molecule has 2 aromatic carbocycles. The molecular weight excluding hydrogens is 374 g/mol. The van der Waals surface area contributed by atoms with E-state index < -0.39 is 5.41 Å². The third kappa shape index (κ3) is 2.22. The summed E-state index contributed by atoms with van der Waals surface area (Å²) in [5.74, 6) is 0.243. The zero-order chi connectivity index (χ0) is 18.6. The quantitative estimate of drug-likeness (QED) is 0.520. The highest BCUT2D eigenvalue weighted by Gasteiger charge is 2.72. The number of hydrogen-bond acceptors (Lipinski definition) is 3. The van der Waals surface area contributed by atoms with Gasteiger partial charge in [-0.05, 0) is 43.2 Å². The molecular formula is C23H18ClNOS. The predicted octanol–water partition coefficient (Wildman–Crippen LogP) is 5.91. The molecule has 3 aromatic rings. The van der Waals surface area contributed by atoms with Gasteiger partial charge < -0.3 is 0 Å². The zero-order valence-electron chi connectivity index (χ0n) is 14.9. The highest BCUT2D eigenvalue weighted by molar-refractivity contribution is 8.01. The van der Waals surface area contributed by atoms with Gasteiger partial charge in [-0.25, -0.2) is 0 Å². The third-order valence-electron chi connectivity index (χ3n) is 6.09. The van der Waals surface area contributed by atoms with Gasteiger partial charge in [-0.15, -0.1) is 11.8 Å². The number of ketones is 1. The summed E-state index contributed by atoms with van der Waals surface area (Å²) in [6.45, 7) is 2.21. The average Bonchev–Trinajstić information content (AvgIpc) is 2.87. The maximum Gasteiger partial charge on any atom is 0.175 e. The average molecular weight is 392 g/mol. The molecule has 0 saturated heterocycles. The molecule has 1 saturated carbocycles. The fourth-order valence-corrected chi connectivity index (χ4v) is 6.93. The molecule has 0 radical (unpaired) electrons. The number of pyridine rings is 1. The van der Waals surface area contributed by atoms with Crippen LogP contribution >= 0.6 is 23.4 Å². The fraction of sp³-hybridized carbons (Fsp3) is 0.217. The van der Waals surface area contributed by atoms with Crippen LogP contribution < -0.4 is 0 Å². The molecule has 27 heavy (non-hydrogen) atoms. The number of thioether (sulfide) groups is 1. The zero-order valence-corrected chi connectivity index (χ0v) is 16.4. The number of carbonyl (C=O) groups is 1. The second kappa shape index (κ2) is 5.95. The third-order valence-corrected chi connectivity index (χ3v) is 7.83. The first kappa shape index (κ1) is 17.0. The van der Waals surface area contributed by atoms with Crippen LogP contribution in [-0.2, 0) is 5.41 Å². The van der Waals surface area contributed by atoms with Gasteiger partial charge in [0.15, 0.2) is 5.78 Å². The lowest BCUT2D eigenvalue weighted by molar-refractivity contribution is 0.0637. The largest absolute Gasteiger partial charge is 0.293 e. The predicted molar refractivity (Wildman–Crippen MR) is 110 cm³/mol. The second-order valence-corrected chi connectivity index (χ2v) is 9.47. The second-order valence-electron chi connectivity index (χ2n) is 7.49. The van der Waals surface area contributed by atoms with Crippen LogP contribution in [0, 0.1) is 0 Å². The normalized spacial score (nSPS) is 28.1. The minimum atomic E-state index is -0.618. The number of Topliss-reactive ketones (excluding diaryl/α,β-unsaturated/α-hetero) is 1. The molecule has 134 valence electrons. The Morgan fingerprint density at radius 1 is 1.11 bits per heavy atom. The Kier molecular flexibility index (Phi) is 3.75. The highest BCUT2D eigenvalue weighted by Crippen LogP contribution is 2.73. The molecule has 5 rings (SSSR count). The van der Waals surface area contributed by atoms with E-state index in [9.17, 15) is 4.79 Å². The number of nitrogens with zero attached hydrogens (tertiary/aromatic N) is 1. The molecule has 2 nitrogen and oxygen atoms in total. The van der Waals surface area contributed by atoms with Crippen LogP contribution in [0.1, 0.15) is 40.9 Å². The Labute approximate surface area is 168 Å². The Hall–Kier alpha value is -2.10. The Morgan fingerprint density at radius 2 is 1.89 bits per heavy atom. The molecule has 1 aromatic heterocycles. The molecule has 0 amide bonds. The van der Waals surface area contributed by atoms with Crippen molar-refractivity contribution in [2.24, 2.45) is 0 Å². The van der Waals surface area contributed by atoms with Crippen molar-refractivity contribution >= 4 is 29.1 Å². The topological polar surface area (TPSA) is 30.0 Å². The van der Waals surface area contributed by atoms with E-state index >= 15 is 0 Å². The summed E-state index contributed by atoms with van der Waals surface area (Å²) >= 11 is 8.06. The molecule has 0 bridgehead atoms. The van der Waals surface area contributed by atoms with Crippen molar-refractivity contribution in [1.29, 1.82) is 0 Å². The van der Waals surface area contributed by atoms with Crippen LogP contribution in [0.5, 0.6) is 0 Å². The van der Waals surface area contributed by atoms with Gasteiger partial charge in [0.25, 0.3) is 0 Å². The van der Waals surface area contributed by atoms with Crippen LogP contribution in [0.3, 0.4) is 0 Å². The number of fused-ring (bicyclic) bond motifs is 3. The summed E-state index contributed by atoms with van der Waals surface area (Å²) in [4.78, 5) is 19.7. The number of hydrogen-bond donors (Lipinski definition) is 0. The van der Waals surface area contributed by atoms with E-state index in [1.165, 1.54) is 0 Å². The number of halogens is 1. The molecule has 1 aliphatic heterocycles. The first-order valence-electron chi connectivity index (χ1n) is 9.06. The molecule has 2 aliphatic rings. The molecule has 3 atom stereocenters. The SMILES string of the molecule is C[C@]12C[C@H](c3ccccn3)[C@@]1(C(=O)c1ccccc1)c1ccc(Cl)cc1S2. The standard InChI is InChI=1S/C23H18ClNOS/c1-22-14-18(19-9-5-6-12-25-19)23(22,21(26)15-7-3-2-4-8-15)17-11-10-16(24)13-20(17)27-22/h2-13,18H,14H2,1H3/t18-,22+,23-/m1/s1. The van der Waals surface area contributed by atoms with Crippen LogP contribution in [-0.4, -0.2) is 15.5 Å². The number of carbonyl (C=O) groups excluding carboxylic acids is 1. The van der Waals surface area contributed by atoms with E-state index in [-0.39, 0.29) is 16.4 Å². The van der Waals surface area contributed by atoms with Gasteiger partial charge in [-0.2, -0.15) is 0 Å². The smallest absolute Gasteiger partial charge is 0.175 e. The molecule has 1 aliphatic carbocycles. The fourth-order valence-electron chi connectivity index (χ4n) is 4.93. The Morgan fingerprint density at radius 3 is 2.63 bits per heavy atom.